The number of aryl methyl sites for hydroxylation is 1. The zero-order valence-corrected chi connectivity index (χ0v) is 16.0. The first-order valence-electron chi connectivity index (χ1n) is 9.39. The van der Waals surface area contributed by atoms with E-state index in [0.29, 0.717) is 5.92 Å². The number of nitrogens with zero attached hydrogens (tertiary/aromatic N) is 4. The van der Waals surface area contributed by atoms with Crippen molar-refractivity contribution in [2.24, 2.45) is 0 Å². The Morgan fingerprint density at radius 3 is 2.58 bits per heavy atom. The fourth-order valence-electron chi connectivity index (χ4n) is 3.34. The molecule has 2 aromatic rings. The molecule has 0 aliphatic carbocycles. The quantitative estimate of drug-likeness (QED) is 0.896. The maximum atomic E-state index is 12.5. The SMILES string of the molecule is Cc1ccccc1NC(=O)N1CCN(CCn2ccnc2C(C)C)CC1. The molecule has 3 rings (SSSR count). The Kier molecular flexibility index (Phi) is 5.93. The van der Waals surface area contributed by atoms with Crippen LogP contribution in [0.3, 0.4) is 0 Å². The van der Waals surface area contributed by atoms with Crippen molar-refractivity contribution in [1.29, 1.82) is 0 Å². The number of piperazine rings is 1. The Morgan fingerprint density at radius 2 is 1.88 bits per heavy atom. The van der Waals surface area contributed by atoms with Gasteiger partial charge in [-0.15, -0.1) is 0 Å². The van der Waals surface area contributed by atoms with Gasteiger partial charge in [0.2, 0.25) is 0 Å². The van der Waals surface area contributed by atoms with Crippen molar-refractivity contribution in [3.63, 3.8) is 0 Å². The number of rotatable bonds is 5. The van der Waals surface area contributed by atoms with Crippen LogP contribution in [0, 0.1) is 6.92 Å². The van der Waals surface area contributed by atoms with Gasteiger partial charge in [-0.05, 0) is 18.6 Å². The standard InChI is InChI=1S/C20H29N5O/c1-16(2)19-21-8-9-24(19)13-10-23-11-14-25(15-12-23)20(26)22-18-7-5-4-6-17(18)3/h4-9,16H,10-15H2,1-3H3,(H,22,26). The van der Waals surface area contributed by atoms with Crippen LogP contribution in [0.2, 0.25) is 0 Å². The van der Waals surface area contributed by atoms with E-state index >= 15 is 0 Å². The Hall–Kier alpha value is -2.34. The molecule has 1 aromatic carbocycles. The molecule has 1 aromatic heterocycles. The third kappa shape index (κ3) is 4.43. The fraction of sp³-hybridized carbons (Fsp3) is 0.500. The van der Waals surface area contributed by atoms with Crippen LogP contribution in [0.4, 0.5) is 10.5 Å². The minimum atomic E-state index is -0.00402. The molecule has 1 fully saturated rings. The lowest BCUT2D eigenvalue weighted by Gasteiger charge is -2.35. The molecule has 0 bridgehead atoms. The van der Waals surface area contributed by atoms with Gasteiger partial charge in [-0.3, -0.25) is 4.90 Å². The van der Waals surface area contributed by atoms with Crippen molar-refractivity contribution in [2.45, 2.75) is 33.2 Å². The number of hydrogen-bond donors (Lipinski definition) is 1. The average molecular weight is 355 g/mol. The summed E-state index contributed by atoms with van der Waals surface area (Å²) in [5, 5.41) is 3.03. The molecule has 6 heteroatoms. The molecule has 1 aliphatic heterocycles. The van der Waals surface area contributed by atoms with Gasteiger partial charge in [-0.1, -0.05) is 32.0 Å². The predicted octanol–water partition coefficient (Wildman–Crippen LogP) is 3.16. The molecular weight excluding hydrogens is 326 g/mol. The van der Waals surface area contributed by atoms with Crippen LogP contribution < -0.4 is 5.32 Å². The Labute approximate surface area is 155 Å². The van der Waals surface area contributed by atoms with Gasteiger partial charge in [0.15, 0.2) is 0 Å². The van der Waals surface area contributed by atoms with E-state index in [-0.39, 0.29) is 6.03 Å². The fourth-order valence-corrected chi connectivity index (χ4v) is 3.34. The highest BCUT2D eigenvalue weighted by atomic mass is 16.2. The van der Waals surface area contributed by atoms with Gasteiger partial charge in [0.05, 0.1) is 0 Å². The summed E-state index contributed by atoms with van der Waals surface area (Å²) in [7, 11) is 0. The maximum Gasteiger partial charge on any atom is 0.321 e. The van der Waals surface area contributed by atoms with Gasteiger partial charge in [0.25, 0.3) is 0 Å². The molecule has 1 aliphatic rings. The van der Waals surface area contributed by atoms with Gasteiger partial charge in [-0.2, -0.15) is 0 Å². The van der Waals surface area contributed by atoms with E-state index in [0.717, 1.165) is 56.3 Å². The Balaban J connectivity index is 1.46. The van der Waals surface area contributed by atoms with Crippen LogP contribution in [0.15, 0.2) is 36.7 Å². The van der Waals surface area contributed by atoms with E-state index in [4.69, 9.17) is 0 Å². The summed E-state index contributed by atoms with van der Waals surface area (Å²) < 4.78 is 2.24. The minimum absolute atomic E-state index is 0.00402. The molecule has 2 amide bonds. The smallest absolute Gasteiger partial charge is 0.321 e. The van der Waals surface area contributed by atoms with Gasteiger partial charge in [0.1, 0.15) is 5.82 Å². The van der Waals surface area contributed by atoms with E-state index in [2.05, 4.69) is 39.8 Å². The van der Waals surface area contributed by atoms with Crippen molar-refractivity contribution < 1.29 is 4.79 Å². The van der Waals surface area contributed by atoms with Gasteiger partial charge >= 0.3 is 6.03 Å². The highest BCUT2D eigenvalue weighted by molar-refractivity contribution is 5.90. The largest absolute Gasteiger partial charge is 0.333 e. The highest BCUT2D eigenvalue weighted by Gasteiger charge is 2.21. The van der Waals surface area contributed by atoms with Crippen LogP contribution in [0.1, 0.15) is 31.2 Å². The molecule has 0 radical (unpaired) electrons. The second kappa shape index (κ2) is 8.36. The molecular formula is C20H29N5O. The molecule has 0 atom stereocenters. The number of imidazole rings is 1. The summed E-state index contributed by atoms with van der Waals surface area (Å²) in [5.74, 6) is 1.58. The van der Waals surface area contributed by atoms with Gasteiger partial charge in [0, 0.05) is 63.3 Å². The Bertz CT molecular complexity index is 731. The topological polar surface area (TPSA) is 53.4 Å². The summed E-state index contributed by atoms with van der Waals surface area (Å²) in [5.41, 5.74) is 1.97. The van der Waals surface area contributed by atoms with Crippen LogP contribution >= 0.6 is 0 Å². The summed E-state index contributed by atoms with van der Waals surface area (Å²) in [6.45, 7) is 11.6. The lowest BCUT2D eigenvalue weighted by molar-refractivity contribution is 0.144. The van der Waals surface area contributed by atoms with E-state index < -0.39 is 0 Å². The van der Waals surface area contributed by atoms with Gasteiger partial charge in [-0.25, -0.2) is 9.78 Å². The first-order valence-corrected chi connectivity index (χ1v) is 9.39. The highest BCUT2D eigenvalue weighted by Crippen LogP contribution is 2.15. The molecule has 1 saturated heterocycles. The molecule has 0 unspecified atom stereocenters. The molecule has 6 nitrogen and oxygen atoms in total. The number of nitrogens with one attached hydrogen (secondary N) is 1. The number of carbonyl (C=O) groups excluding carboxylic acids is 1. The molecule has 2 heterocycles. The monoisotopic (exact) mass is 355 g/mol. The number of hydrogen-bond acceptors (Lipinski definition) is 3. The number of carbonyl (C=O) groups is 1. The van der Waals surface area contributed by atoms with Crippen molar-refractivity contribution in [3.05, 3.63) is 48.0 Å². The zero-order chi connectivity index (χ0) is 18.5. The summed E-state index contributed by atoms with van der Waals surface area (Å²) in [6, 6.07) is 7.88. The molecule has 0 saturated carbocycles. The van der Waals surface area contributed by atoms with Crippen molar-refractivity contribution in [2.75, 3.05) is 38.0 Å². The number of benzene rings is 1. The first-order chi connectivity index (χ1) is 12.5. The summed E-state index contributed by atoms with van der Waals surface area (Å²) >= 11 is 0. The molecule has 0 spiro atoms. The predicted molar refractivity (Wildman–Crippen MR) is 105 cm³/mol. The van der Waals surface area contributed by atoms with Crippen LogP contribution in [0.25, 0.3) is 0 Å². The lowest BCUT2D eigenvalue weighted by Crippen LogP contribution is -2.50. The third-order valence-electron chi connectivity index (χ3n) is 4.97. The van der Waals surface area contributed by atoms with Gasteiger partial charge < -0.3 is 14.8 Å². The number of aromatic nitrogens is 2. The maximum absolute atomic E-state index is 12.5. The second-order valence-corrected chi connectivity index (χ2v) is 7.21. The van der Waals surface area contributed by atoms with E-state index in [1.54, 1.807) is 0 Å². The average Bonchev–Trinajstić information content (AvgIpc) is 3.11. The number of amides is 2. The number of urea groups is 1. The third-order valence-corrected chi connectivity index (χ3v) is 4.97. The summed E-state index contributed by atoms with van der Waals surface area (Å²) in [6.07, 6.45) is 3.93. The van der Waals surface area contributed by atoms with E-state index in [1.807, 2.05) is 42.3 Å². The van der Waals surface area contributed by atoms with Crippen molar-refractivity contribution >= 4 is 11.7 Å². The van der Waals surface area contributed by atoms with Crippen molar-refractivity contribution in [1.82, 2.24) is 19.4 Å². The molecule has 140 valence electrons. The van der Waals surface area contributed by atoms with Crippen LogP contribution in [0.5, 0.6) is 0 Å². The zero-order valence-electron chi connectivity index (χ0n) is 16.0. The lowest BCUT2D eigenvalue weighted by atomic mass is 10.2. The molecule has 1 N–H and O–H groups in total. The molecule has 26 heavy (non-hydrogen) atoms. The summed E-state index contributed by atoms with van der Waals surface area (Å²) in [4.78, 5) is 21.2. The number of anilines is 1. The second-order valence-electron chi connectivity index (χ2n) is 7.21. The minimum Gasteiger partial charge on any atom is -0.333 e. The van der Waals surface area contributed by atoms with Crippen molar-refractivity contribution in [3.8, 4) is 0 Å². The number of para-hydroxylation sites is 1. The first kappa shape index (κ1) is 18.5. The van der Waals surface area contributed by atoms with E-state index in [9.17, 15) is 4.79 Å². The Morgan fingerprint density at radius 1 is 1.15 bits per heavy atom. The van der Waals surface area contributed by atoms with Crippen LogP contribution in [-0.4, -0.2) is 58.1 Å². The normalized spacial score (nSPS) is 15.5. The van der Waals surface area contributed by atoms with Crippen LogP contribution in [-0.2, 0) is 6.54 Å². The van der Waals surface area contributed by atoms with E-state index in [1.165, 1.54) is 0 Å².